The third kappa shape index (κ3) is 7.55. The first-order valence-corrected chi connectivity index (χ1v) is 6.62. The van der Waals surface area contributed by atoms with Crippen LogP contribution in [-0.4, -0.2) is 65.7 Å². The largest absolute Gasteiger partial charge is 0.480 e. The summed E-state index contributed by atoms with van der Waals surface area (Å²) < 4.78 is 0. The van der Waals surface area contributed by atoms with E-state index < -0.39 is 55.5 Å². The van der Waals surface area contributed by atoms with Crippen molar-refractivity contribution in [1.82, 2.24) is 16.0 Å². The van der Waals surface area contributed by atoms with Crippen LogP contribution in [0.3, 0.4) is 0 Å². The van der Waals surface area contributed by atoms with E-state index in [9.17, 15) is 19.2 Å². The van der Waals surface area contributed by atoms with Crippen molar-refractivity contribution in [2.24, 2.45) is 11.7 Å². The summed E-state index contributed by atoms with van der Waals surface area (Å²) in [5.41, 5.74) is 5.61. The minimum absolute atomic E-state index is 0.149. The summed E-state index contributed by atoms with van der Waals surface area (Å²) in [6, 6.07) is -2.08. The number of aliphatic hydroxyl groups is 1. The summed E-state index contributed by atoms with van der Waals surface area (Å²) in [5, 5.41) is 24.0. The van der Waals surface area contributed by atoms with Crippen LogP contribution in [0, 0.1) is 5.92 Å². The molecular formula is C12H22N4O6. The number of hydrogen-bond donors (Lipinski definition) is 6. The molecule has 0 bridgehead atoms. The van der Waals surface area contributed by atoms with Gasteiger partial charge in [-0.25, -0.2) is 0 Å². The Bertz CT molecular complexity index is 426. The van der Waals surface area contributed by atoms with Crippen LogP contribution >= 0.6 is 0 Å². The Morgan fingerprint density at radius 1 is 1.05 bits per heavy atom. The van der Waals surface area contributed by atoms with Crippen molar-refractivity contribution in [3.05, 3.63) is 0 Å². The van der Waals surface area contributed by atoms with Crippen LogP contribution < -0.4 is 21.7 Å². The second kappa shape index (κ2) is 9.68. The summed E-state index contributed by atoms with van der Waals surface area (Å²) in [4.78, 5) is 44.9. The number of nitrogens with one attached hydrogen (secondary N) is 3. The first-order chi connectivity index (χ1) is 10.2. The summed E-state index contributed by atoms with van der Waals surface area (Å²) >= 11 is 0. The molecule has 0 aromatic carbocycles. The zero-order chi connectivity index (χ0) is 17.3. The predicted octanol–water partition coefficient (Wildman–Crippen LogP) is -3.24. The van der Waals surface area contributed by atoms with Gasteiger partial charge in [0.15, 0.2) is 0 Å². The van der Waals surface area contributed by atoms with E-state index in [1.165, 1.54) is 0 Å². The molecule has 2 unspecified atom stereocenters. The van der Waals surface area contributed by atoms with Gasteiger partial charge >= 0.3 is 5.97 Å². The Hall–Kier alpha value is -2.20. The molecule has 0 heterocycles. The average Bonchev–Trinajstić information content (AvgIpc) is 2.46. The smallest absolute Gasteiger partial charge is 0.322 e. The molecule has 0 aromatic heterocycles. The van der Waals surface area contributed by atoms with Crippen LogP contribution in [0.2, 0.25) is 0 Å². The van der Waals surface area contributed by atoms with Crippen LogP contribution in [0.1, 0.15) is 13.8 Å². The fourth-order valence-corrected chi connectivity index (χ4v) is 1.29. The first kappa shape index (κ1) is 19.8. The van der Waals surface area contributed by atoms with Gasteiger partial charge in [-0.1, -0.05) is 13.8 Å². The van der Waals surface area contributed by atoms with E-state index >= 15 is 0 Å². The number of carbonyl (C=O) groups is 4. The number of amides is 3. The molecule has 2 atom stereocenters. The van der Waals surface area contributed by atoms with Gasteiger partial charge in [0.05, 0.1) is 19.2 Å². The SMILES string of the molecule is CC(C)C(N)C(=O)NC(CO)C(=O)NCC(=O)NCC(=O)O. The number of carbonyl (C=O) groups excluding carboxylic acids is 3. The minimum atomic E-state index is -1.25. The van der Waals surface area contributed by atoms with Crippen molar-refractivity contribution in [2.75, 3.05) is 19.7 Å². The lowest BCUT2D eigenvalue weighted by Crippen LogP contribution is -2.55. The van der Waals surface area contributed by atoms with Crippen molar-refractivity contribution in [3.63, 3.8) is 0 Å². The number of carboxylic acids is 1. The van der Waals surface area contributed by atoms with Gasteiger partial charge in [0.1, 0.15) is 12.6 Å². The Labute approximate surface area is 127 Å². The van der Waals surface area contributed by atoms with Gasteiger partial charge in [0.2, 0.25) is 17.7 Å². The number of rotatable bonds is 9. The van der Waals surface area contributed by atoms with Gasteiger partial charge in [0.25, 0.3) is 0 Å². The normalized spacial score (nSPS) is 13.1. The van der Waals surface area contributed by atoms with Gasteiger partial charge in [-0.2, -0.15) is 0 Å². The number of aliphatic carboxylic acids is 1. The van der Waals surface area contributed by atoms with Crippen LogP contribution in [0.5, 0.6) is 0 Å². The van der Waals surface area contributed by atoms with E-state index in [0.29, 0.717) is 0 Å². The third-order valence-corrected chi connectivity index (χ3v) is 2.70. The van der Waals surface area contributed by atoms with Gasteiger partial charge in [0, 0.05) is 0 Å². The Balaban J connectivity index is 4.33. The lowest BCUT2D eigenvalue weighted by atomic mass is 10.0. The molecule has 0 radical (unpaired) electrons. The number of aliphatic hydroxyl groups excluding tert-OH is 1. The maximum Gasteiger partial charge on any atom is 0.322 e. The molecule has 10 nitrogen and oxygen atoms in total. The molecule has 0 aliphatic heterocycles. The molecule has 7 N–H and O–H groups in total. The monoisotopic (exact) mass is 318 g/mol. The molecular weight excluding hydrogens is 296 g/mol. The fourth-order valence-electron chi connectivity index (χ4n) is 1.29. The summed E-state index contributed by atoms with van der Waals surface area (Å²) in [5.74, 6) is -3.46. The highest BCUT2D eigenvalue weighted by atomic mass is 16.4. The van der Waals surface area contributed by atoms with E-state index in [-0.39, 0.29) is 5.92 Å². The van der Waals surface area contributed by atoms with Gasteiger partial charge < -0.3 is 31.9 Å². The highest BCUT2D eigenvalue weighted by Crippen LogP contribution is 1.98. The summed E-state index contributed by atoms with van der Waals surface area (Å²) in [6.07, 6.45) is 0. The standard InChI is InChI=1S/C12H22N4O6/c1-6(2)10(13)12(22)16-7(5-17)11(21)15-3-8(18)14-4-9(19)20/h6-7,10,17H,3-5,13H2,1-2H3,(H,14,18)(H,15,21)(H,16,22)(H,19,20). The highest BCUT2D eigenvalue weighted by Gasteiger charge is 2.24. The predicted molar refractivity (Wildman–Crippen MR) is 75.5 cm³/mol. The summed E-state index contributed by atoms with van der Waals surface area (Å²) in [6.45, 7) is 1.74. The minimum Gasteiger partial charge on any atom is -0.480 e. The zero-order valence-corrected chi connectivity index (χ0v) is 12.5. The van der Waals surface area contributed by atoms with Crippen LogP contribution in [-0.2, 0) is 19.2 Å². The average molecular weight is 318 g/mol. The van der Waals surface area contributed by atoms with Crippen molar-refractivity contribution in [3.8, 4) is 0 Å². The van der Waals surface area contributed by atoms with Crippen molar-refractivity contribution >= 4 is 23.7 Å². The lowest BCUT2D eigenvalue weighted by molar-refractivity contribution is -0.138. The molecule has 0 saturated carbocycles. The highest BCUT2D eigenvalue weighted by molar-refractivity contribution is 5.92. The second-order valence-electron chi connectivity index (χ2n) is 4.90. The van der Waals surface area contributed by atoms with Crippen LogP contribution in [0.4, 0.5) is 0 Å². The number of carboxylic acid groups (broad SMARTS) is 1. The van der Waals surface area contributed by atoms with E-state index in [4.69, 9.17) is 15.9 Å². The number of nitrogens with two attached hydrogens (primary N) is 1. The first-order valence-electron chi connectivity index (χ1n) is 6.62. The van der Waals surface area contributed by atoms with E-state index in [1.54, 1.807) is 13.8 Å². The van der Waals surface area contributed by atoms with Crippen molar-refractivity contribution < 1.29 is 29.4 Å². The van der Waals surface area contributed by atoms with E-state index in [1.807, 2.05) is 5.32 Å². The van der Waals surface area contributed by atoms with Crippen molar-refractivity contribution in [2.45, 2.75) is 25.9 Å². The fraction of sp³-hybridized carbons (Fsp3) is 0.667. The topological polar surface area (TPSA) is 171 Å². The molecule has 3 amide bonds. The van der Waals surface area contributed by atoms with Gasteiger partial charge in [-0.15, -0.1) is 0 Å². The molecule has 0 rings (SSSR count). The van der Waals surface area contributed by atoms with E-state index in [2.05, 4.69) is 10.6 Å². The molecule has 0 saturated heterocycles. The molecule has 0 aliphatic rings. The maximum absolute atomic E-state index is 11.7. The quantitative estimate of drug-likeness (QED) is 0.259. The van der Waals surface area contributed by atoms with Crippen LogP contribution in [0.15, 0.2) is 0 Å². The second-order valence-corrected chi connectivity index (χ2v) is 4.90. The Morgan fingerprint density at radius 3 is 2.09 bits per heavy atom. The molecule has 126 valence electrons. The molecule has 0 fully saturated rings. The molecule has 22 heavy (non-hydrogen) atoms. The van der Waals surface area contributed by atoms with E-state index in [0.717, 1.165) is 0 Å². The third-order valence-electron chi connectivity index (χ3n) is 2.70. The van der Waals surface area contributed by atoms with Crippen LogP contribution in [0.25, 0.3) is 0 Å². The maximum atomic E-state index is 11.7. The molecule has 0 aromatic rings. The molecule has 10 heteroatoms. The zero-order valence-electron chi connectivity index (χ0n) is 12.5. The summed E-state index contributed by atoms with van der Waals surface area (Å²) in [7, 11) is 0. The molecule has 0 spiro atoms. The van der Waals surface area contributed by atoms with Gasteiger partial charge in [-0.05, 0) is 5.92 Å². The van der Waals surface area contributed by atoms with Gasteiger partial charge in [-0.3, -0.25) is 19.2 Å². The number of hydrogen-bond acceptors (Lipinski definition) is 6. The Kier molecular flexibility index (Phi) is 8.72. The Morgan fingerprint density at radius 2 is 1.64 bits per heavy atom. The molecule has 0 aliphatic carbocycles. The lowest BCUT2D eigenvalue weighted by Gasteiger charge is -2.20. The van der Waals surface area contributed by atoms with Crippen molar-refractivity contribution in [1.29, 1.82) is 0 Å².